The van der Waals surface area contributed by atoms with Gasteiger partial charge in [0, 0.05) is 4.88 Å². The summed E-state index contributed by atoms with van der Waals surface area (Å²) in [5.41, 5.74) is 4.93. The lowest BCUT2D eigenvalue weighted by Gasteiger charge is -2.39. The van der Waals surface area contributed by atoms with Crippen molar-refractivity contribution in [1.82, 2.24) is 5.43 Å². The Morgan fingerprint density at radius 3 is 2.50 bits per heavy atom. The quantitative estimate of drug-likeness (QED) is 0.620. The van der Waals surface area contributed by atoms with Gasteiger partial charge >= 0.3 is 0 Å². The van der Waals surface area contributed by atoms with Crippen molar-refractivity contribution in [2.75, 3.05) is 0 Å². The Bertz CT molecular complexity index is 378. The Labute approximate surface area is 115 Å². The molecule has 2 rings (SSSR count). The molecule has 1 aromatic heterocycles. The van der Waals surface area contributed by atoms with Crippen LogP contribution in [0.2, 0.25) is 0 Å². The zero-order chi connectivity index (χ0) is 13.2. The standard InChI is InChI=1S/C15H26N2S/c1-11(2)10-15(7-4-5-8-15)14(17-16)13-6-9-18-12(13)3/h6,9,11,14,17H,4-5,7-8,10,16H2,1-3H3. The van der Waals surface area contributed by atoms with Gasteiger partial charge in [-0.1, -0.05) is 26.7 Å². The molecule has 0 aliphatic heterocycles. The Hall–Kier alpha value is -0.380. The van der Waals surface area contributed by atoms with Crippen molar-refractivity contribution in [3.8, 4) is 0 Å². The lowest BCUT2D eigenvalue weighted by Crippen LogP contribution is -2.41. The average molecular weight is 266 g/mol. The third-order valence-corrected chi connectivity index (χ3v) is 5.26. The highest BCUT2D eigenvalue weighted by Gasteiger charge is 2.42. The summed E-state index contributed by atoms with van der Waals surface area (Å²) < 4.78 is 0. The molecule has 0 amide bonds. The van der Waals surface area contributed by atoms with Crippen molar-refractivity contribution in [3.05, 3.63) is 21.9 Å². The molecule has 1 heterocycles. The largest absolute Gasteiger partial charge is 0.271 e. The molecule has 2 nitrogen and oxygen atoms in total. The highest BCUT2D eigenvalue weighted by atomic mass is 32.1. The average Bonchev–Trinajstić information content (AvgIpc) is 2.90. The SMILES string of the molecule is Cc1sccc1C(NN)C1(CC(C)C)CCCC1. The molecule has 3 heteroatoms. The summed E-state index contributed by atoms with van der Waals surface area (Å²) >= 11 is 1.83. The zero-order valence-corrected chi connectivity index (χ0v) is 12.6. The Morgan fingerprint density at radius 2 is 2.06 bits per heavy atom. The van der Waals surface area contributed by atoms with Gasteiger partial charge in [-0.15, -0.1) is 11.3 Å². The van der Waals surface area contributed by atoms with Crippen molar-refractivity contribution in [1.29, 1.82) is 0 Å². The van der Waals surface area contributed by atoms with E-state index in [1.807, 2.05) is 11.3 Å². The molecule has 1 aliphatic rings. The molecular weight excluding hydrogens is 240 g/mol. The van der Waals surface area contributed by atoms with Gasteiger partial charge in [-0.05, 0) is 54.5 Å². The maximum Gasteiger partial charge on any atom is 0.0527 e. The fourth-order valence-corrected chi connectivity index (χ4v) is 4.53. The normalized spacial score (nSPS) is 20.5. The van der Waals surface area contributed by atoms with Gasteiger partial charge in [0.1, 0.15) is 0 Å². The van der Waals surface area contributed by atoms with Gasteiger partial charge in [-0.3, -0.25) is 11.3 Å². The number of nitrogens with one attached hydrogen (secondary N) is 1. The second-order valence-electron chi connectivity index (χ2n) is 6.20. The van der Waals surface area contributed by atoms with Gasteiger partial charge in [-0.25, -0.2) is 0 Å². The molecular formula is C15H26N2S. The van der Waals surface area contributed by atoms with Crippen molar-refractivity contribution in [2.45, 2.75) is 58.9 Å². The van der Waals surface area contributed by atoms with E-state index in [-0.39, 0.29) is 0 Å². The predicted octanol–water partition coefficient (Wildman–Crippen LogP) is 4.17. The summed E-state index contributed by atoms with van der Waals surface area (Å²) in [7, 11) is 0. The first-order chi connectivity index (χ1) is 8.59. The van der Waals surface area contributed by atoms with Crippen LogP contribution in [-0.4, -0.2) is 0 Å². The van der Waals surface area contributed by atoms with Crippen LogP contribution in [0.15, 0.2) is 11.4 Å². The van der Waals surface area contributed by atoms with Gasteiger partial charge in [-0.2, -0.15) is 0 Å². The minimum absolute atomic E-state index is 0.327. The topological polar surface area (TPSA) is 38.0 Å². The van der Waals surface area contributed by atoms with E-state index in [1.54, 1.807) is 0 Å². The number of thiophene rings is 1. The number of hydrogen-bond donors (Lipinski definition) is 2. The van der Waals surface area contributed by atoms with E-state index >= 15 is 0 Å². The predicted molar refractivity (Wildman–Crippen MR) is 79.5 cm³/mol. The maximum atomic E-state index is 5.93. The van der Waals surface area contributed by atoms with E-state index in [2.05, 4.69) is 37.6 Å². The lowest BCUT2D eigenvalue weighted by molar-refractivity contribution is 0.156. The van der Waals surface area contributed by atoms with Gasteiger partial charge < -0.3 is 0 Å². The summed E-state index contributed by atoms with van der Waals surface area (Å²) in [4.78, 5) is 1.41. The van der Waals surface area contributed by atoms with Crippen LogP contribution < -0.4 is 11.3 Å². The molecule has 102 valence electrons. The lowest BCUT2D eigenvalue weighted by atomic mass is 9.70. The van der Waals surface area contributed by atoms with Crippen LogP contribution >= 0.6 is 11.3 Å². The molecule has 1 saturated carbocycles. The third kappa shape index (κ3) is 2.63. The molecule has 1 fully saturated rings. The summed E-state index contributed by atoms with van der Waals surface area (Å²) in [5, 5.41) is 2.19. The van der Waals surface area contributed by atoms with Crippen LogP contribution in [0, 0.1) is 18.3 Å². The number of nitrogens with two attached hydrogens (primary N) is 1. The van der Waals surface area contributed by atoms with E-state index in [4.69, 9.17) is 5.84 Å². The molecule has 1 aliphatic carbocycles. The van der Waals surface area contributed by atoms with E-state index in [0.717, 1.165) is 5.92 Å². The van der Waals surface area contributed by atoms with E-state index < -0.39 is 0 Å². The number of rotatable bonds is 5. The highest BCUT2D eigenvalue weighted by molar-refractivity contribution is 7.10. The fraction of sp³-hybridized carbons (Fsp3) is 0.733. The number of hydrogen-bond acceptors (Lipinski definition) is 3. The Kier molecular flexibility index (Phi) is 4.46. The molecule has 3 N–H and O–H groups in total. The van der Waals surface area contributed by atoms with Gasteiger partial charge in [0.15, 0.2) is 0 Å². The molecule has 0 radical (unpaired) electrons. The summed E-state index contributed by atoms with van der Waals surface area (Å²) in [6, 6.07) is 2.58. The number of aryl methyl sites for hydroxylation is 1. The van der Waals surface area contributed by atoms with Crippen LogP contribution in [0.3, 0.4) is 0 Å². The van der Waals surface area contributed by atoms with E-state index in [9.17, 15) is 0 Å². The number of hydrazine groups is 1. The first kappa shape index (κ1) is 14.0. The first-order valence-corrected chi connectivity index (χ1v) is 7.97. The minimum atomic E-state index is 0.327. The minimum Gasteiger partial charge on any atom is -0.271 e. The van der Waals surface area contributed by atoms with E-state index in [0.29, 0.717) is 11.5 Å². The molecule has 1 atom stereocenters. The summed E-state index contributed by atoms with van der Waals surface area (Å²) in [6.45, 7) is 6.87. The molecule has 0 aromatic carbocycles. The molecule has 0 bridgehead atoms. The molecule has 0 saturated heterocycles. The van der Waals surface area contributed by atoms with Gasteiger partial charge in [0.2, 0.25) is 0 Å². The summed E-state index contributed by atoms with van der Waals surface area (Å²) in [5.74, 6) is 6.66. The molecule has 0 spiro atoms. The van der Waals surface area contributed by atoms with Crippen molar-refractivity contribution < 1.29 is 0 Å². The molecule has 18 heavy (non-hydrogen) atoms. The van der Waals surface area contributed by atoms with Crippen LogP contribution in [0.1, 0.15) is 62.4 Å². The zero-order valence-electron chi connectivity index (χ0n) is 11.8. The van der Waals surface area contributed by atoms with Crippen LogP contribution in [0.25, 0.3) is 0 Å². The Balaban J connectivity index is 2.31. The summed E-state index contributed by atoms with van der Waals surface area (Å²) in [6.07, 6.45) is 6.62. The third-order valence-electron chi connectivity index (χ3n) is 4.40. The van der Waals surface area contributed by atoms with E-state index in [1.165, 1.54) is 42.5 Å². The van der Waals surface area contributed by atoms with Crippen LogP contribution in [-0.2, 0) is 0 Å². The van der Waals surface area contributed by atoms with Gasteiger partial charge in [0.05, 0.1) is 6.04 Å². The van der Waals surface area contributed by atoms with Crippen molar-refractivity contribution in [2.24, 2.45) is 17.2 Å². The van der Waals surface area contributed by atoms with Crippen molar-refractivity contribution in [3.63, 3.8) is 0 Å². The smallest absolute Gasteiger partial charge is 0.0527 e. The van der Waals surface area contributed by atoms with Crippen molar-refractivity contribution >= 4 is 11.3 Å². The second-order valence-corrected chi connectivity index (χ2v) is 7.32. The second kappa shape index (κ2) is 5.72. The molecule has 1 aromatic rings. The Morgan fingerprint density at radius 1 is 1.39 bits per heavy atom. The first-order valence-electron chi connectivity index (χ1n) is 7.09. The van der Waals surface area contributed by atoms with Crippen LogP contribution in [0.4, 0.5) is 0 Å². The van der Waals surface area contributed by atoms with Gasteiger partial charge in [0.25, 0.3) is 0 Å². The monoisotopic (exact) mass is 266 g/mol. The fourth-order valence-electron chi connectivity index (χ4n) is 3.79. The van der Waals surface area contributed by atoms with Crippen LogP contribution in [0.5, 0.6) is 0 Å². The maximum absolute atomic E-state index is 5.93. The molecule has 1 unspecified atom stereocenters. The highest BCUT2D eigenvalue weighted by Crippen LogP contribution is 2.52.